The Bertz CT molecular complexity index is 523. The van der Waals surface area contributed by atoms with Crippen molar-refractivity contribution < 1.29 is 23.5 Å². The number of hydrogen-bond acceptors (Lipinski definition) is 2. The molecule has 2 N–H and O–H groups in total. The minimum Gasteiger partial charge on any atom is -0.481 e. The van der Waals surface area contributed by atoms with Gasteiger partial charge < -0.3 is 15.3 Å². The molecule has 0 bridgehead atoms. The SMILES string of the molecule is CCN(C(=O)NCc1ccc(F)cc1F)C(C)CC(=O)O. The Balaban J connectivity index is 2.64. The first kappa shape index (κ1) is 16.9. The predicted octanol–water partition coefficient (Wildman–Crippen LogP) is 2.36. The van der Waals surface area contributed by atoms with Gasteiger partial charge in [0.1, 0.15) is 11.6 Å². The Labute approximate surface area is 121 Å². The lowest BCUT2D eigenvalue weighted by Gasteiger charge is -2.27. The van der Waals surface area contributed by atoms with Crippen LogP contribution in [0.15, 0.2) is 18.2 Å². The highest BCUT2D eigenvalue weighted by Gasteiger charge is 2.20. The molecular weight excluding hydrogens is 282 g/mol. The van der Waals surface area contributed by atoms with Crippen LogP contribution in [-0.4, -0.2) is 34.6 Å². The third-order valence-electron chi connectivity index (χ3n) is 3.05. The fourth-order valence-electron chi connectivity index (χ4n) is 1.96. The van der Waals surface area contributed by atoms with Gasteiger partial charge >= 0.3 is 12.0 Å². The fourth-order valence-corrected chi connectivity index (χ4v) is 1.96. The summed E-state index contributed by atoms with van der Waals surface area (Å²) in [5, 5.41) is 11.2. The highest BCUT2D eigenvalue weighted by atomic mass is 19.1. The van der Waals surface area contributed by atoms with Crippen molar-refractivity contribution >= 4 is 12.0 Å². The van der Waals surface area contributed by atoms with Crippen molar-refractivity contribution in [2.45, 2.75) is 32.9 Å². The van der Waals surface area contributed by atoms with Crippen LogP contribution in [0.5, 0.6) is 0 Å². The van der Waals surface area contributed by atoms with E-state index in [-0.39, 0.29) is 18.5 Å². The number of benzene rings is 1. The van der Waals surface area contributed by atoms with Gasteiger partial charge in [-0.05, 0) is 19.9 Å². The van der Waals surface area contributed by atoms with E-state index in [9.17, 15) is 18.4 Å². The highest BCUT2D eigenvalue weighted by molar-refractivity contribution is 5.75. The number of hydrogen-bond donors (Lipinski definition) is 2. The maximum Gasteiger partial charge on any atom is 0.317 e. The third kappa shape index (κ3) is 5.02. The zero-order chi connectivity index (χ0) is 16.0. The summed E-state index contributed by atoms with van der Waals surface area (Å²) in [4.78, 5) is 24.0. The number of nitrogens with zero attached hydrogens (tertiary/aromatic N) is 1. The molecule has 1 unspecified atom stereocenters. The number of carbonyl (C=O) groups is 2. The molecule has 0 spiro atoms. The molecule has 0 saturated heterocycles. The topological polar surface area (TPSA) is 69.6 Å². The maximum absolute atomic E-state index is 13.4. The van der Waals surface area contributed by atoms with Crippen LogP contribution in [0.3, 0.4) is 0 Å². The van der Waals surface area contributed by atoms with Gasteiger partial charge in [-0.3, -0.25) is 4.79 Å². The van der Waals surface area contributed by atoms with Gasteiger partial charge in [0.15, 0.2) is 0 Å². The number of rotatable bonds is 6. The molecular formula is C14H18F2N2O3. The Hall–Kier alpha value is -2.18. The van der Waals surface area contributed by atoms with Crippen molar-refractivity contribution in [3.8, 4) is 0 Å². The van der Waals surface area contributed by atoms with Gasteiger partial charge in [-0.1, -0.05) is 6.07 Å². The lowest BCUT2D eigenvalue weighted by atomic mass is 10.2. The van der Waals surface area contributed by atoms with Crippen molar-refractivity contribution in [1.82, 2.24) is 10.2 Å². The lowest BCUT2D eigenvalue weighted by Crippen LogP contribution is -2.45. The van der Waals surface area contributed by atoms with E-state index < -0.39 is 29.7 Å². The number of urea groups is 1. The molecule has 1 aromatic carbocycles. The maximum atomic E-state index is 13.4. The average Bonchev–Trinajstić information content (AvgIpc) is 2.37. The molecule has 0 aliphatic rings. The van der Waals surface area contributed by atoms with Gasteiger partial charge in [0.05, 0.1) is 6.42 Å². The zero-order valence-electron chi connectivity index (χ0n) is 11.9. The van der Waals surface area contributed by atoms with Crippen LogP contribution < -0.4 is 5.32 Å². The first-order valence-corrected chi connectivity index (χ1v) is 6.55. The predicted molar refractivity (Wildman–Crippen MR) is 72.7 cm³/mol. The van der Waals surface area contributed by atoms with Crippen LogP contribution >= 0.6 is 0 Å². The average molecular weight is 300 g/mol. The number of carboxylic acid groups (broad SMARTS) is 1. The van der Waals surface area contributed by atoms with Crippen molar-refractivity contribution in [2.24, 2.45) is 0 Å². The van der Waals surface area contributed by atoms with E-state index in [1.54, 1.807) is 13.8 Å². The molecule has 0 aliphatic heterocycles. The van der Waals surface area contributed by atoms with Crippen molar-refractivity contribution in [2.75, 3.05) is 6.54 Å². The number of aliphatic carboxylic acids is 1. The van der Waals surface area contributed by atoms with Gasteiger partial charge in [-0.15, -0.1) is 0 Å². The smallest absolute Gasteiger partial charge is 0.317 e. The molecule has 7 heteroatoms. The molecule has 116 valence electrons. The largest absolute Gasteiger partial charge is 0.481 e. The summed E-state index contributed by atoms with van der Waals surface area (Å²) in [5.41, 5.74) is 0.159. The number of carbonyl (C=O) groups excluding carboxylic acids is 1. The van der Waals surface area contributed by atoms with Crippen LogP contribution in [0.25, 0.3) is 0 Å². The van der Waals surface area contributed by atoms with Crippen LogP contribution in [0.2, 0.25) is 0 Å². The molecule has 0 aliphatic carbocycles. The first-order valence-electron chi connectivity index (χ1n) is 6.55. The quantitative estimate of drug-likeness (QED) is 0.847. The molecule has 1 aromatic rings. The number of nitrogens with one attached hydrogen (secondary N) is 1. The summed E-state index contributed by atoms with van der Waals surface area (Å²) in [6, 6.07) is 2.13. The Morgan fingerprint density at radius 1 is 1.38 bits per heavy atom. The van der Waals surface area contributed by atoms with E-state index >= 15 is 0 Å². The molecule has 2 amide bonds. The van der Waals surface area contributed by atoms with Crippen molar-refractivity contribution in [3.63, 3.8) is 0 Å². The van der Waals surface area contributed by atoms with Crippen molar-refractivity contribution in [3.05, 3.63) is 35.4 Å². The van der Waals surface area contributed by atoms with Gasteiger partial charge in [-0.2, -0.15) is 0 Å². The number of halogens is 2. The Morgan fingerprint density at radius 3 is 2.57 bits per heavy atom. The molecule has 0 aromatic heterocycles. The standard InChI is InChI=1S/C14H18F2N2O3/c1-3-18(9(2)6-13(19)20)14(21)17-8-10-4-5-11(15)7-12(10)16/h4-5,7,9H,3,6,8H2,1-2H3,(H,17,21)(H,19,20). The lowest BCUT2D eigenvalue weighted by molar-refractivity contribution is -0.138. The normalized spacial score (nSPS) is 11.8. The molecule has 1 rings (SSSR count). The van der Waals surface area contributed by atoms with Gasteiger partial charge in [0.25, 0.3) is 0 Å². The Morgan fingerprint density at radius 2 is 2.05 bits per heavy atom. The van der Waals surface area contributed by atoms with Crippen LogP contribution in [0, 0.1) is 11.6 Å². The molecule has 0 radical (unpaired) electrons. The second-order valence-corrected chi connectivity index (χ2v) is 4.63. The third-order valence-corrected chi connectivity index (χ3v) is 3.05. The van der Waals surface area contributed by atoms with Gasteiger partial charge in [-0.25, -0.2) is 13.6 Å². The van der Waals surface area contributed by atoms with E-state index in [0.717, 1.165) is 12.1 Å². The van der Waals surface area contributed by atoms with E-state index in [1.165, 1.54) is 11.0 Å². The molecule has 21 heavy (non-hydrogen) atoms. The van der Waals surface area contributed by atoms with E-state index in [0.29, 0.717) is 6.54 Å². The van der Waals surface area contributed by atoms with E-state index in [2.05, 4.69) is 5.32 Å². The second-order valence-electron chi connectivity index (χ2n) is 4.63. The minimum atomic E-state index is -1.00. The minimum absolute atomic E-state index is 0.0960. The number of carboxylic acids is 1. The summed E-state index contributed by atoms with van der Waals surface area (Å²) in [5.74, 6) is -2.43. The van der Waals surface area contributed by atoms with E-state index in [4.69, 9.17) is 5.11 Å². The molecule has 0 fully saturated rings. The monoisotopic (exact) mass is 300 g/mol. The number of amides is 2. The zero-order valence-corrected chi connectivity index (χ0v) is 11.9. The van der Waals surface area contributed by atoms with Crippen molar-refractivity contribution in [1.29, 1.82) is 0 Å². The first-order chi connectivity index (χ1) is 9.85. The molecule has 0 saturated carbocycles. The summed E-state index contributed by atoms with van der Waals surface area (Å²) >= 11 is 0. The van der Waals surface area contributed by atoms with E-state index in [1.807, 2.05) is 0 Å². The second kappa shape index (κ2) is 7.56. The fraction of sp³-hybridized carbons (Fsp3) is 0.429. The summed E-state index contributed by atoms with van der Waals surface area (Å²) in [6.07, 6.45) is -0.174. The highest BCUT2D eigenvalue weighted by Crippen LogP contribution is 2.10. The molecule has 5 nitrogen and oxygen atoms in total. The van der Waals surface area contributed by atoms with Gasteiger partial charge in [0, 0.05) is 30.8 Å². The summed E-state index contributed by atoms with van der Waals surface area (Å²) in [7, 11) is 0. The van der Waals surface area contributed by atoms with Gasteiger partial charge in [0.2, 0.25) is 0 Å². The molecule has 0 heterocycles. The molecule has 1 atom stereocenters. The van der Waals surface area contributed by atoms with Crippen LogP contribution in [-0.2, 0) is 11.3 Å². The summed E-state index contributed by atoms with van der Waals surface area (Å²) in [6.45, 7) is 3.57. The van der Waals surface area contributed by atoms with Crippen LogP contribution in [0.4, 0.5) is 13.6 Å². The summed E-state index contributed by atoms with van der Waals surface area (Å²) < 4.78 is 26.2. The van der Waals surface area contributed by atoms with Crippen LogP contribution in [0.1, 0.15) is 25.8 Å². The Kier molecular flexibility index (Phi) is 6.08.